The summed E-state index contributed by atoms with van der Waals surface area (Å²) in [6.07, 6.45) is 4.03. The van der Waals surface area contributed by atoms with Gasteiger partial charge in [0, 0.05) is 39.5 Å². The molecule has 2 heteroatoms. The minimum absolute atomic E-state index is 0.964. The third kappa shape index (κ3) is 3.07. The second-order valence-electron chi connectivity index (χ2n) is 9.80. The highest BCUT2D eigenvalue weighted by molar-refractivity contribution is 6.28. The van der Waals surface area contributed by atoms with Gasteiger partial charge in [-0.25, -0.2) is 0 Å². The van der Waals surface area contributed by atoms with Gasteiger partial charge in [-0.2, -0.15) is 0 Å². The monoisotopic (exact) mass is 482 g/mol. The lowest BCUT2D eigenvalue weighted by atomic mass is 9.85. The zero-order valence-corrected chi connectivity index (χ0v) is 20.6. The summed E-state index contributed by atoms with van der Waals surface area (Å²) in [6.45, 7) is 0. The maximum Gasteiger partial charge on any atom is 0.0721 e. The molecule has 8 aromatic rings. The van der Waals surface area contributed by atoms with E-state index in [-0.39, 0.29) is 0 Å². The molecule has 0 unspecified atom stereocenters. The lowest BCUT2D eigenvalue weighted by molar-refractivity contribution is 1.37. The van der Waals surface area contributed by atoms with E-state index in [0.29, 0.717) is 0 Å². The smallest absolute Gasteiger partial charge is 0.0721 e. The molecular weight excluding hydrogens is 460 g/mol. The average molecular weight is 483 g/mol. The first-order valence-electron chi connectivity index (χ1n) is 12.9. The van der Waals surface area contributed by atoms with Crippen LogP contribution >= 0.6 is 0 Å². The van der Waals surface area contributed by atoms with Gasteiger partial charge in [0.25, 0.3) is 0 Å². The first kappa shape index (κ1) is 21.0. The Hall–Kier alpha value is -5.08. The topological polar surface area (TPSA) is 25.8 Å². The second-order valence-corrected chi connectivity index (χ2v) is 9.80. The Kier molecular flexibility index (Phi) is 4.55. The summed E-state index contributed by atoms with van der Waals surface area (Å²) in [5.41, 5.74) is 5.57. The minimum Gasteiger partial charge on any atom is -0.256 e. The molecule has 0 saturated carbocycles. The molecule has 2 heterocycles. The van der Waals surface area contributed by atoms with E-state index in [1.54, 1.807) is 0 Å². The number of rotatable bonds is 2. The Morgan fingerprint density at radius 3 is 1.87 bits per heavy atom. The molecule has 0 aliphatic carbocycles. The Morgan fingerprint density at radius 1 is 0.395 bits per heavy atom. The van der Waals surface area contributed by atoms with E-state index in [1.807, 2.05) is 12.4 Å². The summed E-state index contributed by atoms with van der Waals surface area (Å²) in [6, 6.07) is 43.1. The van der Waals surface area contributed by atoms with Gasteiger partial charge in [0.05, 0.1) is 11.2 Å². The van der Waals surface area contributed by atoms with E-state index in [4.69, 9.17) is 9.97 Å². The zero-order chi connectivity index (χ0) is 25.1. The van der Waals surface area contributed by atoms with Crippen LogP contribution in [0.4, 0.5) is 0 Å². The summed E-state index contributed by atoms with van der Waals surface area (Å²) < 4.78 is 0. The van der Waals surface area contributed by atoms with Gasteiger partial charge in [-0.3, -0.25) is 9.97 Å². The van der Waals surface area contributed by atoms with Crippen LogP contribution in [0.3, 0.4) is 0 Å². The van der Waals surface area contributed by atoms with Gasteiger partial charge in [-0.15, -0.1) is 0 Å². The summed E-state index contributed by atoms with van der Waals surface area (Å²) in [7, 11) is 0. The van der Waals surface area contributed by atoms with Crippen molar-refractivity contribution in [2.24, 2.45) is 0 Å². The fourth-order valence-electron chi connectivity index (χ4n) is 6.02. The molecule has 38 heavy (non-hydrogen) atoms. The Labute approximate surface area is 219 Å². The highest BCUT2D eigenvalue weighted by Crippen LogP contribution is 2.46. The van der Waals surface area contributed by atoms with Crippen LogP contribution in [0.5, 0.6) is 0 Å². The summed E-state index contributed by atoms with van der Waals surface area (Å²) in [5.74, 6) is 0. The van der Waals surface area contributed by atoms with Crippen molar-refractivity contribution >= 4 is 54.0 Å². The predicted octanol–water partition coefficient (Wildman–Crippen LogP) is 9.58. The van der Waals surface area contributed by atoms with E-state index in [2.05, 4.69) is 121 Å². The van der Waals surface area contributed by atoms with Crippen LogP contribution in [-0.4, -0.2) is 9.97 Å². The molecule has 2 nitrogen and oxygen atoms in total. The molecule has 0 radical (unpaired) electrons. The maximum absolute atomic E-state index is 4.98. The summed E-state index contributed by atoms with van der Waals surface area (Å²) in [5, 5.41) is 10.7. The number of hydrogen-bond acceptors (Lipinski definition) is 2. The van der Waals surface area contributed by atoms with E-state index in [0.717, 1.165) is 32.9 Å². The SMILES string of the molecule is c1ccc2cc(-c3c4ccccc4c(-c4cccc5ccccc45)c4c3cnc3ccccc34)ncc2c1. The normalized spacial score (nSPS) is 11.7. The molecule has 0 saturated heterocycles. The average Bonchev–Trinajstić information content (AvgIpc) is 2.99. The van der Waals surface area contributed by atoms with Gasteiger partial charge < -0.3 is 0 Å². The minimum atomic E-state index is 0.964. The first-order valence-corrected chi connectivity index (χ1v) is 12.9. The molecule has 176 valence electrons. The van der Waals surface area contributed by atoms with Crippen LogP contribution in [0.25, 0.3) is 76.4 Å². The Morgan fingerprint density at radius 2 is 1.03 bits per heavy atom. The molecule has 0 atom stereocenters. The standard InChI is InChI=1S/C36H22N2/c1-2-12-25-21-37-33(20-24(25)11-1)34-28-15-5-6-16-29(28)35(27-18-9-13-23-10-3-4-14-26(23)27)36-30-17-7-8-19-32(30)38-22-31(34)36/h1-22H. The van der Waals surface area contributed by atoms with Gasteiger partial charge in [-0.05, 0) is 50.2 Å². The lowest BCUT2D eigenvalue weighted by Crippen LogP contribution is -1.95. The molecule has 0 spiro atoms. The van der Waals surface area contributed by atoms with Crippen molar-refractivity contribution in [3.63, 3.8) is 0 Å². The highest BCUT2D eigenvalue weighted by Gasteiger charge is 2.20. The molecule has 0 aliphatic heterocycles. The van der Waals surface area contributed by atoms with Crippen LogP contribution < -0.4 is 0 Å². The van der Waals surface area contributed by atoms with Gasteiger partial charge in [-0.1, -0.05) is 109 Å². The second kappa shape index (κ2) is 8.22. The molecule has 0 N–H and O–H groups in total. The fourth-order valence-corrected chi connectivity index (χ4v) is 6.02. The summed E-state index contributed by atoms with van der Waals surface area (Å²) in [4.78, 5) is 9.92. The molecule has 0 amide bonds. The van der Waals surface area contributed by atoms with Crippen molar-refractivity contribution < 1.29 is 0 Å². The molecule has 0 aliphatic rings. The van der Waals surface area contributed by atoms with Crippen LogP contribution in [0.1, 0.15) is 0 Å². The van der Waals surface area contributed by atoms with Crippen LogP contribution in [0.2, 0.25) is 0 Å². The number of pyridine rings is 2. The van der Waals surface area contributed by atoms with Gasteiger partial charge >= 0.3 is 0 Å². The number of benzene rings is 6. The molecule has 0 fully saturated rings. The largest absolute Gasteiger partial charge is 0.256 e. The van der Waals surface area contributed by atoms with Crippen LogP contribution in [0, 0.1) is 0 Å². The lowest BCUT2D eigenvalue weighted by Gasteiger charge is -2.19. The van der Waals surface area contributed by atoms with Gasteiger partial charge in [0.2, 0.25) is 0 Å². The van der Waals surface area contributed by atoms with Gasteiger partial charge in [0.15, 0.2) is 0 Å². The highest BCUT2D eigenvalue weighted by atomic mass is 14.7. The van der Waals surface area contributed by atoms with E-state index < -0.39 is 0 Å². The molecule has 6 aromatic carbocycles. The van der Waals surface area contributed by atoms with Crippen molar-refractivity contribution in [3.8, 4) is 22.4 Å². The molecular formula is C36H22N2. The summed E-state index contributed by atoms with van der Waals surface area (Å²) >= 11 is 0. The third-order valence-electron chi connectivity index (χ3n) is 7.71. The Balaban J connectivity index is 1.62. The van der Waals surface area contributed by atoms with Crippen molar-refractivity contribution in [2.45, 2.75) is 0 Å². The van der Waals surface area contributed by atoms with Gasteiger partial charge in [0.1, 0.15) is 0 Å². The van der Waals surface area contributed by atoms with E-state index in [9.17, 15) is 0 Å². The van der Waals surface area contributed by atoms with Crippen molar-refractivity contribution in [1.29, 1.82) is 0 Å². The van der Waals surface area contributed by atoms with Crippen LogP contribution in [-0.2, 0) is 0 Å². The van der Waals surface area contributed by atoms with Crippen molar-refractivity contribution in [2.75, 3.05) is 0 Å². The zero-order valence-electron chi connectivity index (χ0n) is 20.6. The fraction of sp³-hybridized carbons (Fsp3) is 0. The van der Waals surface area contributed by atoms with Crippen molar-refractivity contribution in [1.82, 2.24) is 9.97 Å². The molecule has 0 bridgehead atoms. The third-order valence-corrected chi connectivity index (χ3v) is 7.71. The maximum atomic E-state index is 4.98. The number of hydrogen-bond donors (Lipinski definition) is 0. The molecule has 8 rings (SSSR count). The van der Waals surface area contributed by atoms with Crippen molar-refractivity contribution in [3.05, 3.63) is 134 Å². The quantitative estimate of drug-likeness (QED) is 0.181. The first-order chi connectivity index (χ1) is 18.9. The van der Waals surface area contributed by atoms with Crippen LogP contribution in [0.15, 0.2) is 134 Å². The molecule has 2 aromatic heterocycles. The van der Waals surface area contributed by atoms with E-state index in [1.165, 1.54) is 43.4 Å². The number of para-hydroxylation sites is 1. The Bertz CT molecular complexity index is 2190. The number of fused-ring (bicyclic) bond motifs is 6. The number of nitrogens with zero attached hydrogens (tertiary/aromatic N) is 2. The predicted molar refractivity (Wildman–Crippen MR) is 160 cm³/mol. The number of aromatic nitrogens is 2. The van der Waals surface area contributed by atoms with E-state index >= 15 is 0 Å².